The number of aliphatic hydroxyl groups is 2. The van der Waals surface area contributed by atoms with Gasteiger partial charge in [-0.05, 0) is 38.7 Å². The predicted octanol–water partition coefficient (Wildman–Crippen LogP) is 1.49. The van der Waals surface area contributed by atoms with Crippen molar-refractivity contribution in [1.82, 2.24) is 9.78 Å². The summed E-state index contributed by atoms with van der Waals surface area (Å²) in [6.45, 7) is 6.02. The van der Waals surface area contributed by atoms with Crippen LogP contribution in [-0.4, -0.2) is 32.2 Å². The number of hydrogen-bond donors (Lipinski definition) is 2. The minimum atomic E-state index is -0.631. The Balaban J connectivity index is 2.55. The van der Waals surface area contributed by atoms with Gasteiger partial charge in [0.25, 0.3) is 0 Å². The van der Waals surface area contributed by atoms with E-state index in [0.717, 1.165) is 24.2 Å². The van der Waals surface area contributed by atoms with Crippen LogP contribution in [0.1, 0.15) is 43.1 Å². The van der Waals surface area contributed by atoms with Crippen molar-refractivity contribution in [3.8, 4) is 0 Å². The van der Waals surface area contributed by atoms with E-state index < -0.39 is 12.2 Å². The zero-order valence-electron chi connectivity index (χ0n) is 11.3. The molecule has 0 fully saturated rings. The first-order valence-electron chi connectivity index (χ1n) is 6.32. The third-order valence-corrected chi connectivity index (χ3v) is 3.38. The molecule has 0 spiro atoms. The van der Waals surface area contributed by atoms with Crippen molar-refractivity contribution in [2.45, 2.75) is 58.7 Å². The molecule has 4 nitrogen and oxygen atoms in total. The summed E-state index contributed by atoms with van der Waals surface area (Å²) in [7, 11) is 1.92. The molecule has 0 radical (unpaired) electrons. The number of rotatable bonds is 6. The van der Waals surface area contributed by atoms with Crippen LogP contribution in [0, 0.1) is 13.8 Å². The van der Waals surface area contributed by atoms with Gasteiger partial charge in [0.15, 0.2) is 0 Å². The van der Waals surface area contributed by atoms with Crippen LogP contribution in [0.3, 0.4) is 0 Å². The average molecular weight is 240 g/mol. The Morgan fingerprint density at radius 2 is 1.76 bits per heavy atom. The normalized spacial score (nSPS) is 14.9. The standard InChI is InChI=1S/C13H24N2O2/c1-5-6-12(16)13(17)8-7-11-9(2)14-15(4)10(11)3/h12-13,16-17H,5-8H2,1-4H3. The fraction of sp³-hybridized carbons (Fsp3) is 0.769. The molecule has 1 rings (SSSR count). The second-order valence-corrected chi connectivity index (χ2v) is 4.74. The van der Waals surface area contributed by atoms with Gasteiger partial charge < -0.3 is 10.2 Å². The molecule has 4 heteroatoms. The molecule has 1 aromatic heterocycles. The Hall–Kier alpha value is -0.870. The summed E-state index contributed by atoms with van der Waals surface area (Å²) < 4.78 is 1.86. The summed E-state index contributed by atoms with van der Waals surface area (Å²) in [5, 5.41) is 23.8. The SMILES string of the molecule is CCCC(O)C(O)CCc1c(C)nn(C)c1C. The lowest BCUT2D eigenvalue weighted by molar-refractivity contribution is 0.00977. The molecule has 2 N–H and O–H groups in total. The van der Waals surface area contributed by atoms with E-state index in [0.29, 0.717) is 12.8 Å². The van der Waals surface area contributed by atoms with E-state index in [1.807, 2.05) is 32.5 Å². The van der Waals surface area contributed by atoms with Crippen molar-refractivity contribution in [2.75, 3.05) is 0 Å². The fourth-order valence-corrected chi connectivity index (χ4v) is 2.15. The Bertz CT molecular complexity index is 361. The zero-order chi connectivity index (χ0) is 13.0. The van der Waals surface area contributed by atoms with E-state index in [2.05, 4.69) is 5.10 Å². The number of hydrogen-bond acceptors (Lipinski definition) is 3. The summed E-state index contributed by atoms with van der Waals surface area (Å²) in [5.74, 6) is 0. The summed E-state index contributed by atoms with van der Waals surface area (Å²) in [6.07, 6.45) is 1.68. The van der Waals surface area contributed by atoms with Crippen molar-refractivity contribution in [3.05, 3.63) is 17.0 Å². The Kier molecular flexibility index (Phi) is 5.15. The molecular weight excluding hydrogens is 216 g/mol. The van der Waals surface area contributed by atoms with Gasteiger partial charge in [0, 0.05) is 12.7 Å². The van der Waals surface area contributed by atoms with E-state index in [4.69, 9.17) is 0 Å². The molecule has 0 bridgehead atoms. The van der Waals surface area contributed by atoms with Crippen LogP contribution in [0.15, 0.2) is 0 Å². The third-order valence-electron chi connectivity index (χ3n) is 3.38. The molecular formula is C13H24N2O2. The molecule has 0 saturated carbocycles. The fourth-order valence-electron chi connectivity index (χ4n) is 2.15. The molecule has 0 amide bonds. The third kappa shape index (κ3) is 3.54. The molecule has 1 aromatic rings. The van der Waals surface area contributed by atoms with Gasteiger partial charge in [0.2, 0.25) is 0 Å². The van der Waals surface area contributed by atoms with E-state index in [1.54, 1.807) is 0 Å². The number of aromatic nitrogens is 2. The lowest BCUT2D eigenvalue weighted by atomic mass is 10.00. The quantitative estimate of drug-likeness (QED) is 0.792. The van der Waals surface area contributed by atoms with Crippen molar-refractivity contribution in [3.63, 3.8) is 0 Å². The Labute approximate surface area is 103 Å². The summed E-state index contributed by atoms with van der Waals surface area (Å²) >= 11 is 0. The van der Waals surface area contributed by atoms with Crippen LogP contribution in [0.5, 0.6) is 0 Å². The molecule has 1 heterocycles. The summed E-state index contributed by atoms with van der Waals surface area (Å²) in [6, 6.07) is 0. The molecule has 98 valence electrons. The molecule has 2 atom stereocenters. The van der Waals surface area contributed by atoms with Gasteiger partial charge >= 0.3 is 0 Å². The lowest BCUT2D eigenvalue weighted by Crippen LogP contribution is -2.26. The van der Waals surface area contributed by atoms with Crippen molar-refractivity contribution in [2.24, 2.45) is 7.05 Å². The highest BCUT2D eigenvalue weighted by molar-refractivity contribution is 5.24. The molecule has 0 aliphatic carbocycles. The molecule has 0 aromatic carbocycles. The average Bonchev–Trinajstić information content (AvgIpc) is 2.51. The van der Waals surface area contributed by atoms with Crippen LogP contribution in [0.2, 0.25) is 0 Å². The second kappa shape index (κ2) is 6.17. The van der Waals surface area contributed by atoms with E-state index in [-0.39, 0.29) is 0 Å². The first-order valence-corrected chi connectivity index (χ1v) is 6.32. The van der Waals surface area contributed by atoms with Crippen molar-refractivity contribution >= 4 is 0 Å². The van der Waals surface area contributed by atoms with E-state index in [1.165, 1.54) is 5.56 Å². The van der Waals surface area contributed by atoms with Crippen LogP contribution < -0.4 is 0 Å². The van der Waals surface area contributed by atoms with Gasteiger partial charge in [-0.15, -0.1) is 0 Å². The minimum absolute atomic E-state index is 0.592. The van der Waals surface area contributed by atoms with Crippen LogP contribution >= 0.6 is 0 Å². The van der Waals surface area contributed by atoms with Gasteiger partial charge in [-0.25, -0.2) is 0 Å². The highest BCUT2D eigenvalue weighted by Crippen LogP contribution is 2.16. The smallest absolute Gasteiger partial charge is 0.0802 e. The highest BCUT2D eigenvalue weighted by atomic mass is 16.3. The van der Waals surface area contributed by atoms with Gasteiger partial charge in [-0.2, -0.15) is 5.10 Å². The summed E-state index contributed by atoms with van der Waals surface area (Å²) in [4.78, 5) is 0. The Morgan fingerprint density at radius 1 is 1.18 bits per heavy atom. The van der Waals surface area contributed by atoms with Crippen LogP contribution in [-0.2, 0) is 13.5 Å². The van der Waals surface area contributed by atoms with Gasteiger partial charge in [0.1, 0.15) is 0 Å². The van der Waals surface area contributed by atoms with Gasteiger partial charge in [-0.1, -0.05) is 13.3 Å². The minimum Gasteiger partial charge on any atom is -0.390 e. The highest BCUT2D eigenvalue weighted by Gasteiger charge is 2.17. The molecule has 0 saturated heterocycles. The van der Waals surface area contributed by atoms with Crippen molar-refractivity contribution in [1.29, 1.82) is 0 Å². The molecule has 0 aliphatic heterocycles. The van der Waals surface area contributed by atoms with Crippen LogP contribution in [0.4, 0.5) is 0 Å². The predicted molar refractivity (Wildman–Crippen MR) is 67.9 cm³/mol. The summed E-state index contributed by atoms with van der Waals surface area (Å²) in [5.41, 5.74) is 3.34. The zero-order valence-corrected chi connectivity index (χ0v) is 11.3. The van der Waals surface area contributed by atoms with Crippen molar-refractivity contribution < 1.29 is 10.2 Å². The van der Waals surface area contributed by atoms with Gasteiger partial charge in [0.05, 0.1) is 17.9 Å². The van der Waals surface area contributed by atoms with Gasteiger partial charge in [-0.3, -0.25) is 4.68 Å². The first kappa shape index (κ1) is 14.2. The largest absolute Gasteiger partial charge is 0.390 e. The maximum atomic E-state index is 9.82. The maximum absolute atomic E-state index is 9.82. The second-order valence-electron chi connectivity index (χ2n) is 4.74. The monoisotopic (exact) mass is 240 g/mol. The topological polar surface area (TPSA) is 58.3 Å². The number of aliphatic hydroxyl groups excluding tert-OH is 2. The lowest BCUT2D eigenvalue weighted by Gasteiger charge is -2.17. The Morgan fingerprint density at radius 3 is 2.24 bits per heavy atom. The molecule has 2 unspecified atom stereocenters. The van der Waals surface area contributed by atoms with Crippen LogP contribution in [0.25, 0.3) is 0 Å². The van der Waals surface area contributed by atoms with E-state index >= 15 is 0 Å². The molecule has 17 heavy (non-hydrogen) atoms. The number of aryl methyl sites for hydroxylation is 2. The first-order chi connectivity index (χ1) is 7.97. The van der Waals surface area contributed by atoms with E-state index in [9.17, 15) is 10.2 Å². The number of nitrogens with zero attached hydrogens (tertiary/aromatic N) is 2. The molecule has 0 aliphatic rings. The maximum Gasteiger partial charge on any atom is 0.0802 e.